The Morgan fingerprint density at radius 3 is 2.23 bits per heavy atom. The van der Waals surface area contributed by atoms with Crippen LogP contribution in [0.25, 0.3) is 10.8 Å². The molecule has 0 bridgehead atoms. The van der Waals surface area contributed by atoms with Crippen molar-refractivity contribution in [3.05, 3.63) is 83.9 Å². The van der Waals surface area contributed by atoms with Gasteiger partial charge in [-0.2, -0.15) is 0 Å². The Balaban J connectivity index is 1.68. The Kier molecular flexibility index (Phi) is 12.1. The van der Waals surface area contributed by atoms with Gasteiger partial charge in [-0.15, -0.1) is 0 Å². The summed E-state index contributed by atoms with van der Waals surface area (Å²) in [5.41, 5.74) is 0.839. The highest BCUT2D eigenvalue weighted by Crippen LogP contribution is 2.20. The molecule has 4 N–H and O–H groups in total. The van der Waals surface area contributed by atoms with Crippen LogP contribution in [0.4, 0.5) is 4.79 Å². The van der Waals surface area contributed by atoms with E-state index in [-0.39, 0.29) is 19.4 Å². The number of carbonyl (C=O) groups is 4. The number of hydrogen-bond donors (Lipinski definition) is 4. The molecular weight excluding hydrogens is 550 g/mol. The quantitative estimate of drug-likeness (QED) is 0.222. The molecule has 3 aromatic carbocycles. The highest BCUT2D eigenvalue weighted by atomic mass is 16.6. The fourth-order valence-corrected chi connectivity index (χ4v) is 4.49. The van der Waals surface area contributed by atoms with E-state index in [0.29, 0.717) is 6.42 Å². The molecule has 0 fully saturated rings. The largest absolute Gasteiger partial charge is 0.460 e. The van der Waals surface area contributed by atoms with Crippen LogP contribution in [0.15, 0.2) is 72.8 Å². The number of amides is 3. The van der Waals surface area contributed by atoms with Crippen LogP contribution in [0.2, 0.25) is 0 Å². The number of hydrogen-bond acceptors (Lipinski definition) is 7. The summed E-state index contributed by atoms with van der Waals surface area (Å²) in [5, 5.41) is 20.5. The highest BCUT2D eigenvalue weighted by Gasteiger charge is 2.31. The summed E-state index contributed by atoms with van der Waals surface area (Å²) in [7, 11) is 0. The highest BCUT2D eigenvalue weighted by molar-refractivity contribution is 5.90. The van der Waals surface area contributed by atoms with Gasteiger partial charge in [-0.05, 0) is 49.1 Å². The zero-order chi connectivity index (χ0) is 31.4. The maximum atomic E-state index is 13.6. The van der Waals surface area contributed by atoms with E-state index in [4.69, 9.17) is 9.47 Å². The molecule has 3 amide bonds. The zero-order valence-corrected chi connectivity index (χ0v) is 25.1. The molecule has 0 aromatic heterocycles. The Morgan fingerprint density at radius 1 is 0.860 bits per heavy atom. The van der Waals surface area contributed by atoms with Crippen LogP contribution in [0, 0.1) is 0 Å². The number of aliphatic hydroxyl groups is 1. The number of esters is 1. The van der Waals surface area contributed by atoms with Crippen LogP contribution >= 0.6 is 0 Å². The number of carbonyl (C=O) groups excluding carboxylic acids is 4. The van der Waals surface area contributed by atoms with Crippen LogP contribution < -0.4 is 16.0 Å². The molecular formula is C33H41N3O7. The average Bonchev–Trinajstić information content (AvgIpc) is 2.97. The van der Waals surface area contributed by atoms with Crippen molar-refractivity contribution >= 4 is 34.6 Å². The number of ether oxygens (including phenoxy) is 2. The molecule has 0 aliphatic carbocycles. The van der Waals surface area contributed by atoms with Crippen LogP contribution in [0.3, 0.4) is 0 Å². The van der Waals surface area contributed by atoms with Crippen molar-refractivity contribution in [2.45, 2.75) is 77.4 Å². The summed E-state index contributed by atoms with van der Waals surface area (Å²) in [4.78, 5) is 51.2. The van der Waals surface area contributed by atoms with E-state index in [0.717, 1.165) is 21.9 Å². The maximum Gasteiger partial charge on any atom is 0.408 e. The van der Waals surface area contributed by atoms with Crippen molar-refractivity contribution in [2.75, 3.05) is 6.54 Å². The van der Waals surface area contributed by atoms with Gasteiger partial charge >= 0.3 is 12.1 Å². The first kappa shape index (κ1) is 33.1. The van der Waals surface area contributed by atoms with Gasteiger partial charge in [0.05, 0.1) is 6.04 Å². The molecule has 0 heterocycles. The van der Waals surface area contributed by atoms with E-state index >= 15 is 0 Å². The third-order valence-electron chi connectivity index (χ3n) is 6.54. The topological polar surface area (TPSA) is 143 Å². The number of rotatable bonds is 13. The van der Waals surface area contributed by atoms with Gasteiger partial charge in [0, 0.05) is 6.42 Å². The lowest BCUT2D eigenvalue weighted by Crippen LogP contribution is -2.56. The van der Waals surface area contributed by atoms with E-state index < -0.39 is 54.2 Å². The predicted molar refractivity (Wildman–Crippen MR) is 163 cm³/mol. The summed E-state index contributed by atoms with van der Waals surface area (Å²) in [5.74, 6) is -2.09. The normalized spacial score (nSPS) is 13.3. The van der Waals surface area contributed by atoms with Crippen molar-refractivity contribution in [2.24, 2.45) is 0 Å². The molecule has 0 aliphatic rings. The van der Waals surface area contributed by atoms with Crippen LogP contribution in [-0.4, -0.2) is 59.3 Å². The van der Waals surface area contributed by atoms with Gasteiger partial charge in [-0.1, -0.05) is 86.1 Å². The van der Waals surface area contributed by atoms with Gasteiger partial charge in [-0.3, -0.25) is 14.4 Å². The van der Waals surface area contributed by atoms with E-state index in [2.05, 4.69) is 16.0 Å². The van der Waals surface area contributed by atoms with Gasteiger partial charge < -0.3 is 30.5 Å². The standard InChI is InChI=1S/C33H41N3O7/c1-5-12-26(29(38)31(40)34-20-28(37)42-21-22-13-7-6-8-14-22)35-30(39)27(36-32(41)43-33(2,3)4)19-24-17-11-16-23-15-9-10-18-25(23)24/h6-11,13-18,26-27,29,38H,5,12,19-21H2,1-4H3,(H,34,40)(H,35,39)(H,36,41)/t26?,27-,29?/m0/s1. The zero-order valence-electron chi connectivity index (χ0n) is 25.1. The summed E-state index contributed by atoms with van der Waals surface area (Å²) in [6.45, 7) is 6.61. The number of benzene rings is 3. The molecule has 3 rings (SSSR count). The van der Waals surface area contributed by atoms with E-state index in [1.165, 1.54) is 0 Å². The summed E-state index contributed by atoms with van der Waals surface area (Å²) >= 11 is 0. The number of aliphatic hydroxyl groups excluding tert-OH is 1. The minimum Gasteiger partial charge on any atom is -0.460 e. The summed E-state index contributed by atoms with van der Waals surface area (Å²) < 4.78 is 10.6. The Labute approximate surface area is 252 Å². The summed E-state index contributed by atoms with van der Waals surface area (Å²) in [6, 6.07) is 20.5. The van der Waals surface area contributed by atoms with Crippen molar-refractivity contribution < 1.29 is 33.8 Å². The SMILES string of the molecule is CCCC(NC(=O)[C@H](Cc1cccc2ccccc12)NC(=O)OC(C)(C)C)C(O)C(=O)NCC(=O)OCc1ccccc1. The van der Waals surface area contributed by atoms with Gasteiger partial charge in [0.15, 0.2) is 6.10 Å². The molecule has 10 nitrogen and oxygen atoms in total. The van der Waals surface area contributed by atoms with Crippen molar-refractivity contribution in [1.29, 1.82) is 0 Å². The molecule has 0 spiro atoms. The van der Waals surface area contributed by atoms with Crippen molar-refractivity contribution in [3.8, 4) is 0 Å². The second-order valence-corrected chi connectivity index (χ2v) is 11.3. The predicted octanol–water partition coefficient (Wildman–Crippen LogP) is 3.78. The fourth-order valence-electron chi connectivity index (χ4n) is 4.49. The minimum absolute atomic E-state index is 0.0509. The molecule has 10 heteroatoms. The first-order chi connectivity index (χ1) is 20.5. The molecule has 2 unspecified atom stereocenters. The smallest absolute Gasteiger partial charge is 0.408 e. The van der Waals surface area contributed by atoms with E-state index in [1.54, 1.807) is 32.9 Å². The Hall–Kier alpha value is -4.44. The lowest BCUT2D eigenvalue weighted by atomic mass is 9.97. The maximum absolute atomic E-state index is 13.6. The number of alkyl carbamates (subject to hydrolysis) is 1. The molecule has 3 aromatic rings. The monoisotopic (exact) mass is 591 g/mol. The Morgan fingerprint density at radius 2 is 1.53 bits per heavy atom. The van der Waals surface area contributed by atoms with E-state index in [1.807, 2.05) is 67.6 Å². The molecule has 43 heavy (non-hydrogen) atoms. The number of nitrogens with one attached hydrogen (secondary N) is 3. The van der Waals surface area contributed by atoms with Crippen LogP contribution in [-0.2, 0) is 36.9 Å². The van der Waals surface area contributed by atoms with Gasteiger partial charge in [0.2, 0.25) is 5.91 Å². The molecule has 230 valence electrons. The minimum atomic E-state index is -1.65. The van der Waals surface area contributed by atoms with Gasteiger partial charge in [0.1, 0.15) is 24.8 Å². The third kappa shape index (κ3) is 10.7. The third-order valence-corrected chi connectivity index (χ3v) is 6.54. The first-order valence-electron chi connectivity index (χ1n) is 14.4. The Bertz CT molecular complexity index is 1380. The fraction of sp³-hybridized carbons (Fsp3) is 0.394. The molecule has 0 aliphatic heterocycles. The van der Waals surface area contributed by atoms with Crippen molar-refractivity contribution in [3.63, 3.8) is 0 Å². The van der Waals surface area contributed by atoms with Crippen molar-refractivity contribution in [1.82, 2.24) is 16.0 Å². The van der Waals surface area contributed by atoms with E-state index in [9.17, 15) is 24.3 Å². The average molecular weight is 592 g/mol. The molecule has 0 saturated carbocycles. The molecule has 0 radical (unpaired) electrons. The second kappa shape index (κ2) is 15.7. The second-order valence-electron chi connectivity index (χ2n) is 11.3. The van der Waals surface area contributed by atoms with Crippen LogP contribution in [0.5, 0.6) is 0 Å². The lowest BCUT2D eigenvalue weighted by molar-refractivity contribution is -0.146. The van der Waals surface area contributed by atoms with Gasteiger partial charge in [0.25, 0.3) is 5.91 Å². The lowest BCUT2D eigenvalue weighted by Gasteiger charge is -2.27. The summed E-state index contributed by atoms with van der Waals surface area (Å²) in [6.07, 6.45) is -1.47. The number of fused-ring (bicyclic) bond motifs is 1. The van der Waals surface area contributed by atoms with Crippen LogP contribution in [0.1, 0.15) is 51.7 Å². The van der Waals surface area contributed by atoms with Gasteiger partial charge in [-0.25, -0.2) is 4.79 Å². The molecule has 3 atom stereocenters. The molecule has 0 saturated heterocycles. The first-order valence-corrected chi connectivity index (χ1v) is 14.4.